The van der Waals surface area contributed by atoms with Gasteiger partial charge in [0.05, 0.1) is 0 Å². The number of benzene rings is 3. The molecule has 0 atom stereocenters. The van der Waals surface area contributed by atoms with Crippen LogP contribution >= 0.6 is 11.6 Å². The first-order valence-electron chi connectivity index (χ1n) is 10.8. The van der Waals surface area contributed by atoms with Gasteiger partial charge in [-0.15, -0.1) is 0 Å². The third kappa shape index (κ3) is 6.03. The summed E-state index contributed by atoms with van der Waals surface area (Å²) in [5, 5.41) is 6.17. The first kappa shape index (κ1) is 23.1. The molecule has 3 aromatic carbocycles. The SMILES string of the molecule is Cc1ccc(CNC(=O)/C(=C/c2ccc(-c3cccc(Cl)c3)o2)NC(=O)c2ccccc2)cc1. The number of hydrogen-bond acceptors (Lipinski definition) is 3. The van der Waals surface area contributed by atoms with Gasteiger partial charge in [0.25, 0.3) is 11.8 Å². The highest BCUT2D eigenvalue weighted by atomic mass is 35.5. The summed E-state index contributed by atoms with van der Waals surface area (Å²) in [5.74, 6) is 0.205. The number of hydrogen-bond donors (Lipinski definition) is 2. The molecule has 1 aromatic heterocycles. The van der Waals surface area contributed by atoms with Crippen LogP contribution in [-0.4, -0.2) is 11.8 Å². The zero-order valence-corrected chi connectivity index (χ0v) is 19.3. The highest BCUT2D eigenvalue weighted by Gasteiger charge is 2.16. The lowest BCUT2D eigenvalue weighted by molar-refractivity contribution is -0.117. The molecular weight excluding hydrogens is 448 g/mol. The summed E-state index contributed by atoms with van der Waals surface area (Å²) in [4.78, 5) is 25.8. The van der Waals surface area contributed by atoms with E-state index in [9.17, 15) is 9.59 Å². The molecule has 4 aromatic rings. The Labute approximate surface area is 203 Å². The second-order valence-corrected chi connectivity index (χ2v) is 8.20. The number of amides is 2. The van der Waals surface area contributed by atoms with Crippen molar-refractivity contribution in [2.75, 3.05) is 0 Å². The Morgan fingerprint density at radius 3 is 2.41 bits per heavy atom. The number of carbonyl (C=O) groups excluding carboxylic acids is 2. The van der Waals surface area contributed by atoms with E-state index in [4.69, 9.17) is 16.0 Å². The van der Waals surface area contributed by atoms with Gasteiger partial charge in [-0.3, -0.25) is 9.59 Å². The Morgan fingerprint density at radius 1 is 0.912 bits per heavy atom. The fourth-order valence-corrected chi connectivity index (χ4v) is 3.49. The van der Waals surface area contributed by atoms with Crippen molar-refractivity contribution in [3.8, 4) is 11.3 Å². The van der Waals surface area contributed by atoms with Crippen molar-refractivity contribution in [3.05, 3.63) is 124 Å². The molecule has 5 nitrogen and oxygen atoms in total. The van der Waals surface area contributed by atoms with E-state index >= 15 is 0 Å². The van der Waals surface area contributed by atoms with E-state index in [1.54, 1.807) is 48.5 Å². The van der Waals surface area contributed by atoms with Crippen LogP contribution in [0.2, 0.25) is 5.02 Å². The molecule has 2 amide bonds. The summed E-state index contributed by atoms with van der Waals surface area (Å²) in [6.07, 6.45) is 1.51. The zero-order valence-electron chi connectivity index (χ0n) is 18.5. The Hall–Kier alpha value is -4.09. The molecule has 6 heteroatoms. The molecule has 0 spiro atoms. The highest BCUT2D eigenvalue weighted by Crippen LogP contribution is 2.25. The van der Waals surface area contributed by atoms with Crippen LogP contribution in [0.1, 0.15) is 27.2 Å². The van der Waals surface area contributed by atoms with E-state index in [0.29, 0.717) is 28.7 Å². The summed E-state index contributed by atoms with van der Waals surface area (Å²) < 4.78 is 5.90. The maximum absolute atomic E-state index is 13.0. The van der Waals surface area contributed by atoms with Crippen molar-refractivity contribution in [1.82, 2.24) is 10.6 Å². The number of aryl methyl sites for hydroxylation is 1. The average Bonchev–Trinajstić information content (AvgIpc) is 3.32. The predicted molar refractivity (Wildman–Crippen MR) is 134 cm³/mol. The van der Waals surface area contributed by atoms with Gasteiger partial charge in [0.2, 0.25) is 0 Å². The summed E-state index contributed by atoms with van der Waals surface area (Å²) >= 11 is 6.08. The van der Waals surface area contributed by atoms with Crippen LogP contribution in [-0.2, 0) is 11.3 Å². The number of halogens is 1. The second-order valence-electron chi connectivity index (χ2n) is 7.76. The number of rotatable bonds is 7. The molecule has 0 saturated heterocycles. The predicted octanol–water partition coefficient (Wildman–Crippen LogP) is 6.00. The van der Waals surface area contributed by atoms with Crippen LogP contribution in [0, 0.1) is 6.92 Å². The first-order valence-corrected chi connectivity index (χ1v) is 11.1. The fraction of sp³-hybridized carbons (Fsp3) is 0.0714. The van der Waals surface area contributed by atoms with Gasteiger partial charge >= 0.3 is 0 Å². The molecular formula is C28H23ClN2O3. The van der Waals surface area contributed by atoms with Crippen LogP contribution in [0.5, 0.6) is 0 Å². The zero-order chi connectivity index (χ0) is 23.9. The third-order valence-electron chi connectivity index (χ3n) is 5.12. The molecule has 1 heterocycles. The molecule has 34 heavy (non-hydrogen) atoms. The minimum absolute atomic E-state index is 0.0768. The van der Waals surface area contributed by atoms with Crippen molar-refractivity contribution >= 4 is 29.5 Å². The minimum atomic E-state index is -0.425. The summed E-state index contributed by atoms with van der Waals surface area (Å²) in [6.45, 7) is 2.33. The largest absolute Gasteiger partial charge is 0.457 e. The standard InChI is InChI=1S/C28H23ClN2O3/c1-19-10-12-20(13-11-19)18-30-28(33)25(31-27(32)21-6-3-2-4-7-21)17-24-14-15-26(34-24)22-8-5-9-23(29)16-22/h2-17H,18H2,1H3,(H,30,33)(H,31,32)/b25-17-. The van der Waals surface area contributed by atoms with Gasteiger partial charge in [0.1, 0.15) is 17.2 Å². The summed E-state index contributed by atoms with van der Waals surface area (Å²) in [5.41, 5.74) is 3.42. The lowest BCUT2D eigenvalue weighted by Gasteiger charge is -2.11. The lowest BCUT2D eigenvalue weighted by atomic mass is 10.1. The fourth-order valence-electron chi connectivity index (χ4n) is 3.30. The van der Waals surface area contributed by atoms with E-state index in [1.165, 1.54) is 6.08 Å². The maximum atomic E-state index is 13.0. The van der Waals surface area contributed by atoms with E-state index in [0.717, 1.165) is 16.7 Å². The third-order valence-corrected chi connectivity index (χ3v) is 5.36. The van der Waals surface area contributed by atoms with Crippen LogP contribution in [0.15, 0.2) is 101 Å². The smallest absolute Gasteiger partial charge is 0.268 e. The second kappa shape index (κ2) is 10.7. The quantitative estimate of drug-likeness (QED) is 0.325. The molecule has 0 bridgehead atoms. The van der Waals surface area contributed by atoms with Gasteiger partial charge in [-0.2, -0.15) is 0 Å². The van der Waals surface area contributed by atoms with Gasteiger partial charge in [-0.05, 0) is 48.9 Å². The Morgan fingerprint density at radius 2 is 1.68 bits per heavy atom. The van der Waals surface area contributed by atoms with Crippen LogP contribution < -0.4 is 10.6 Å². The molecule has 4 rings (SSSR count). The van der Waals surface area contributed by atoms with Gasteiger partial charge in [0.15, 0.2) is 0 Å². The molecule has 170 valence electrons. The molecule has 0 aliphatic heterocycles. The molecule has 2 N–H and O–H groups in total. The van der Waals surface area contributed by atoms with E-state index in [1.807, 2.05) is 49.4 Å². The van der Waals surface area contributed by atoms with Crippen molar-refractivity contribution in [2.24, 2.45) is 0 Å². The molecule has 0 unspecified atom stereocenters. The lowest BCUT2D eigenvalue weighted by Crippen LogP contribution is -2.34. The molecule has 0 radical (unpaired) electrons. The topological polar surface area (TPSA) is 71.3 Å². The molecule has 0 aliphatic rings. The van der Waals surface area contributed by atoms with Crippen LogP contribution in [0.25, 0.3) is 17.4 Å². The van der Waals surface area contributed by atoms with Gasteiger partial charge in [0, 0.05) is 28.8 Å². The summed E-state index contributed by atoms with van der Waals surface area (Å²) in [6, 6.07) is 27.4. The summed E-state index contributed by atoms with van der Waals surface area (Å²) in [7, 11) is 0. The Bertz CT molecular complexity index is 1330. The molecule has 0 aliphatic carbocycles. The normalized spacial score (nSPS) is 11.2. The maximum Gasteiger partial charge on any atom is 0.268 e. The Kier molecular flexibility index (Phi) is 7.25. The number of carbonyl (C=O) groups is 2. The monoisotopic (exact) mass is 470 g/mol. The first-order chi connectivity index (χ1) is 16.5. The van der Waals surface area contributed by atoms with Crippen molar-refractivity contribution in [1.29, 1.82) is 0 Å². The van der Waals surface area contributed by atoms with Crippen molar-refractivity contribution < 1.29 is 14.0 Å². The van der Waals surface area contributed by atoms with Gasteiger partial charge in [-0.1, -0.05) is 71.8 Å². The van der Waals surface area contributed by atoms with Crippen molar-refractivity contribution in [3.63, 3.8) is 0 Å². The van der Waals surface area contributed by atoms with Crippen LogP contribution in [0.4, 0.5) is 0 Å². The number of furan rings is 1. The highest BCUT2D eigenvalue weighted by molar-refractivity contribution is 6.30. The van der Waals surface area contributed by atoms with E-state index in [2.05, 4.69) is 10.6 Å². The molecule has 0 saturated carbocycles. The van der Waals surface area contributed by atoms with Crippen molar-refractivity contribution in [2.45, 2.75) is 13.5 Å². The van der Waals surface area contributed by atoms with Crippen LogP contribution in [0.3, 0.4) is 0 Å². The Balaban J connectivity index is 1.57. The van der Waals surface area contributed by atoms with Gasteiger partial charge < -0.3 is 15.1 Å². The number of nitrogens with one attached hydrogen (secondary N) is 2. The molecule has 0 fully saturated rings. The van der Waals surface area contributed by atoms with Gasteiger partial charge in [-0.25, -0.2) is 0 Å². The average molecular weight is 471 g/mol. The minimum Gasteiger partial charge on any atom is -0.457 e. The van der Waals surface area contributed by atoms with E-state index in [-0.39, 0.29) is 11.6 Å². The van der Waals surface area contributed by atoms with E-state index < -0.39 is 5.91 Å².